The molecule has 2 aromatic rings. The van der Waals surface area contributed by atoms with Crippen LogP contribution in [0, 0.1) is 6.92 Å². The fraction of sp³-hybridized carbons (Fsp3) is 0.375. The number of rotatable bonds is 6. The first-order valence-electron chi connectivity index (χ1n) is 6.67. The van der Waals surface area contributed by atoms with Crippen LogP contribution in [0.2, 0.25) is 0 Å². The Kier molecular flexibility index (Phi) is 4.63. The minimum absolute atomic E-state index is 0.0980. The van der Waals surface area contributed by atoms with Gasteiger partial charge in [0.15, 0.2) is 0 Å². The predicted octanol–water partition coefficient (Wildman–Crippen LogP) is 3.69. The standard InChI is InChI=1S/C16H21NO2/c1-4-10-17-15(16-12(2)9-11-19-16)13-5-7-14(18-3)8-6-13/h5-9,11,15,17H,4,10H2,1-3H3. The van der Waals surface area contributed by atoms with E-state index in [1.165, 1.54) is 11.1 Å². The van der Waals surface area contributed by atoms with E-state index in [0.29, 0.717) is 0 Å². The van der Waals surface area contributed by atoms with Gasteiger partial charge in [-0.1, -0.05) is 19.1 Å². The lowest BCUT2D eigenvalue weighted by Crippen LogP contribution is -2.23. The lowest BCUT2D eigenvalue weighted by Gasteiger charge is -2.18. The Balaban J connectivity index is 2.28. The summed E-state index contributed by atoms with van der Waals surface area (Å²) >= 11 is 0. The number of furan rings is 1. The summed E-state index contributed by atoms with van der Waals surface area (Å²) in [5, 5.41) is 3.53. The molecule has 102 valence electrons. The molecule has 0 saturated carbocycles. The van der Waals surface area contributed by atoms with E-state index in [-0.39, 0.29) is 6.04 Å². The van der Waals surface area contributed by atoms with Crippen molar-refractivity contribution < 1.29 is 9.15 Å². The molecule has 1 aromatic carbocycles. The van der Waals surface area contributed by atoms with Crippen LogP contribution >= 0.6 is 0 Å². The van der Waals surface area contributed by atoms with Gasteiger partial charge >= 0.3 is 0 Å². The molecule has 0 amide bonds. The van der Waals surface area contributed by atoms with E-state index in [9.17, 15) is 0 Å². The quantitative estimate of drug-likeness (QED) is 0.859. The summed E-state index contributed by atoms with van der Waals surface area (Å²) in [4.78, 5) is 0. The van der Waals surface area contributed by atoms with Gasteiger partial charge in [0.05, 0.1) is 19.4 Å². The molecule has 2 rings (SSSR count). The van der Waals surface area contributed by atoms with Gasteiger partial charge in [-0.15, -0.1) is 0 Å². The second-order valence-corrected chi connectivity index (χ2v) is 4.63. The number of hydrogen-bond donors (Lipinski definition) is 1. The van der Waals surface area contributed by atoms with Crippen molar-refractivity contribution in [1.29, 1.82) is 0 Å². The largest absolute Gasteiger partial charge is 0.497 e. The van der Waals surface area contributed by atoms with Crippen LogP contribution < -0.4 is 10.1 Å². The molecule has 1 aromatic heterocycles. The monoisotopic (exact) mass is 259 g/mol. The molecule has 0 aliphatic rings. The van der Waals surface area contributed by atoms with Gasteiger partial charge in [-0.3, -0.25) is 0 Å². The summed E-state index contributed by atoms with van der Waals surface area (Å²) < 4.78 is 10.8. The fourth-order valence-corrected chi connectivity index (χ4v) is 2.13. The highest BCUT2D eigenvalue weighted by molar-refractivity contribution is 5.34. The van der Waals surface area contributed by atoms with Crippen LogP contribution in [0.4, 0.5) is 0 Å². The van der Waals surface area contributed by atoms with Crippen molar-refractivity contribution >= 4 is 0 Å². The first-order chi connectivity index (χ1) is 9.26. The number of benzene rings is 1. The molecule has 1 heterocycles. The van der Waals surface area contributed by atoms with Crippen molar-refractivity contribution in [1.82, 2.24) is 5.32 Å². The lowest BCUT2D eigenvalue weighted by atomic mass is 10.0. The zero-order valence-electron chi connectivity index (χ0n) is 11.8. The number of methoxy groups -OCH3 is 1. The molecule has 1 N–H and O–H groups in total. The molecule has 1 atom stereocenters. The van der Waals surface area contributed by atoms with Gasteiger partial charge in [0.2, 0.25) is 0 Å². The number of ether oxygens (including phenoxy) is 1. The van der Waals surface area contributed by atoms with Gasteiger partial charge < -0.3 is 14.5 Å². The zero-order chi connectivity index (χ0) is 13.7. The van der Waals surface area contributed by atoms with Crippen LogP contribution in [-0.2, 0) is 0 Å². The van der Waals surface area contributed by atoms with Crippen LogP contribution in [-0.4, -0.2) is 13.7 Å². The number of nitrogens with one attached hydrogen (secondary N) is 1. The number of aryl methyl sites for hydroxylation is 1. The Morgan fingerprint density at radius 3 is 2.47 bits per heavy atom. The Labute approximate surface area is 114 Å². The summed E-state index contributed by atoms with van der Waals surface area (Å²) in [5.74, 6) is 1.85. The van der Waals surface area contributed by atoms with Gasteiger partial charge in [0, 0.05) is 0 Å². The molecule has 3 nitrogen and oxygen atoms in total. The summed E-state index contributed by atoms with van der Waals surface area (Å²) in [6.07, 6.45) is 2.83. The Hall–Kier alpha value is -1.74. The SMILES string of the molecule is CCCNC(c1ccc(OC)cc1)c1occc1C. The Morgan fingerprint density at radius 2 is 1.95 bits per heavy atom. The smallest absolute Gasteiger partial charge is 0.128 e. The molecular weight excluding hydrogens is 238 g/mol. The first-order valence-corrected chi connectivity index (χ1v) is 6.67. The van der Waals surface area contributed by atoms with Gasteiger partial charge in [0.25, 0.3) is 0 Å². The summed E-state index contributed by atoms with van der Waals surface area (Å²) in [5.41, 5.74) is 2.36. The van der Waals surface area contributed by atoms with Crippen molar-refractivity contribution in [3.63, 3.8) is 0 Å². The topological polar surface area (TPSA) is 34.4 Å². The molecule has 0 aliphatic carbocycles. The molecule has 0 radical (unpaired) electrons. The average molecular weight is 259 g/mol. The van der Waals surface area contributed by atoms with E-state index in [0.717, 1.165) is 24.5 Å². The maximum atomic E-state index is 5.64. The normalized spacial score (nSPS) is 12.4. The minimum Gasteiger partial charge on any atom is -0.497 e. The third-order valence-corrected chi connectivity index (χ3v) is 3.21. The molecule has 0 fully saturated rings. The fourth-order valence-electron chi connectivity index (χ4n) is 2.13. The van der Waals surface area contributed by atoms with Crippen molar-refractivity contribution in [3.05, 3.63) is 53.5 Å². The summed E-state index contributed by atoms with van der Waals surface area (Å²) in [6, 6.07) is 10.2. The van der Waals surface area contributed by atoms with Gasteiger partial charge in [-0.25, -0.2) is 0 Å². The highest BCUT2D eigenvalue weighted by Gasteiger charge is 2.18. The molecule has 0 spiro atoms. The minimum atomic E-state index is 0.0980. The summed E-state index contributed by atoms with van der Waals surface area (Å²) in [6.45, 7) is 5.19. The van der Waals surface area contributed by atoms with Crippen LogP contribution in [0.15, 0.2) is 41.0 Å². The van der Waals surface area contributed by atoms with Crippen molar-refractivity contribution in [2.24, 2.45) is 0 Å². The van der Waals surface area contributed by atoms with E-state index < -0.39 is 0 Å². The van der Waals surface area contributed by atoms with E-state index in [4.69, 9.17) is 9.15 Å². The van der Waals surface area contributed by atoms with Crippen LogP contribution in [0.3, 0.4) is 0 Å². The van der Waals surface area contributed by atoms with Gasteiger partial charge in [-0.05, 0) is 49.2 Å². The Bertz CT molecular complexity index is 502. The van der Waals surface area contributed by atoms with Crippen molar-refractivity contribution in [2.75, 3.05) is 13.7 Å². The second-order valence-electron chi connectivity index (χ2n) is 4.63. The van der Waals surface area contributed by atoms with Crippen LogP contribution in [0.25, 0.3) is 0 Å². The highest BCUT2D eigenvalue weighted by atomic mass is 16.5. The Morgan fingerprint density at radius 1 is 1.21 bits per heavy atom. The maximum Gasteiger partial charge on any atom is 0.128 e. The molecule has 19 heavy (non-hydrogen) atoms. The van der Waals surface area contributed by atoms with E-state index in [1.54, 1.807) is 13.4 Å². The molecule has 0 bridgehead atoms. The van der Waals surface area contributed by atoms with E-state index in [1.807, 2.05) is 18.2 Å². The number of hydrogen-bond acceptors (Lipinski definition) is 3. The molecular formula is C16H21NO2. The third kappa shape index (κ3) is 3.18. The van der Waals surface area contributed by atoms with Crippen LogP contribution in [0.5, 0.6) is 5.75 Å². The van der Waals surface area contributed by atoms with Gasteiger partial charge in [0.1, 0.15) is 11.5 Å². The highest BCUT2D eigenvalue weighted by Crippen LogP contribution is 2.27. The summed E-state index contributed by atoms with van der Waals surface area (Å²) in [7, 11) is 1.68. The van der Waals surface area contributed by atoms with E-state index >= 15 is 0 Å². The first kappa shape index (κ1) is 13.7. The molecule has 0 aliphatic heterocycles. The van der Waals surface area contributed by atoms with Crippen LogP contribution in [0.1, 0.15) is 36.3 Å². The third-order valence-electron chi connectivity index (χ3n) is 3.21. The van der Waals surface area contributed by atoms with Gasteiger partial charge in [-0.2, -0.15) is 0 Å². The zero-order valence-corrected chi connectivity index (χ0v) is 11.8. The average Bonchev–Trinajstić information content (AvgIpc) is 2.86. The van der Waals surface area contributed by atoms with Crippen molar-refractivity contribution in [3.8, 4) is 5.75 Å². The molecule has 3 heteroatoms. The maximum absolute atomic E-state index is 5.64. The van der Waals surface area contributed by atoms with Crippen molar-refractivity contribution in [2.45, 2.75) is 26.3 Å². The second kappa shape index (κ2) is 6.43. The predicted molar refractivity (Wildman–Crippen MR) is 76.6 cm³/mol. The molecule has 0 saturated heterocycles. The molecule has 1 unspecified atom stereocenters. The lowest BCUT2D eigenvalue weighted by molar-refractivity contribution is 0.413. The van der Waals surface area contributed by atoms with E-state index in [2.05, 4.69) is 31.3 Å².